The number of benzene rings is 3. The van der Waals surface area contributed by atoms with Crippen molar-refractivity contribution in [2.45, 2.75) is 0 Å². The van der Waals surface area contributed by atoms with Crippen molar-refractivity contribution in [1.82, 2.24) is 0 Å². The summed E-state index contributed by atoms with van der Waals surface area (Å²) >= 11 is 0. The molecule has 2 nitrogen and oxygen atoms in total. The van der Waals surface area contributed by atoms with Gasteiger partial charge in [-0.3, -0.25) is 0 Å². The van der Waals surface area contributed by atoms with Gasteiger partial charge in [-0.1, -0.05) is 78.9 Å². The Kier molecular flexibility index (Phi) is 5.81. The monoisotopic (exact) mass is 295 g/mol. The average Bonchev–Trinajstić information content (AvgIpc) is 2.57. The smallest absolute Gasteiger partial charge is 0.131 e. The summed E-state index contributed by atoms with van der Waals surface area (Å²) in [4.78, 5) is 0. The highest BCUT2D eigenvalue weighted by atomic mass is 31.1. The summed E-state index contributed by atoms with van der Waals surface area (Å²) in [6.45, 7) is 0. The lowest BCUT2D eigenvalue weighted by Gasteiger charge is -2.01. The Hall–Kier alpha value is -2.31. The van der Waals surface area contributed by atoms with E-state index in [0.29, 0.717) is 0 Å². The lowest BCUT2D eigenvalue weighted by atomic mass is 10.3. The van der Waals surface area contributed by atoms with Crippen LogP contribution in [0.25, 0.3) is 0 Å². The third kappa shape index (κ3) is 4.94. The van der Waals surface area contributed by atoms with Gasteiger partial charge in [-0.25, -0.2) is 0 Å². The van der Waals surface area contributed by atoms with E-state index >= 15 is 0 Å². The van der Waals surface area contributed by atoms with Crippen molar-refractivity contribution in [2.75, 3.05) is 5.73 Å². The van der Waals surface area contributed by atoms with Crippen molar-refractivity contribution in [3.05, 3.63) is 91.0 Å². The summed E-state index contributed by atoms with van der Waals surface area (Å²) in [5.74, 6) is 0. The molecule has 0 heterocycles. The van der Waals surface area contributed by atoms with Crippen LogP contribution < -0.4 is 16.3 Å². The Morgan fingerprint density at radius 1 is 0.571 bits per heavy atom. The Morgan fingerprint density at radius 2 is 0.905 bits per heavy atom. The van der Waals surface area contributed by atoms with Gasteiger partial charge in [-0.05, 0) is 12.1 Å². The highest BCUT2D eigenvalue weighted by molar-refractivity contribution is 7.61. The molecule has 0 aliphatic carbocycles. The number of hydrogen-bond acceptors (Lipinski definition) is 2. The molecule has 0 spiro atoms. The Labute approximate surface area is 126 Å². The zero-order valence-electron chi connectivity index (χ0n) is 11.6. The van der Waals surface area contributed by atoms with E-state index in [9.17, 15) is 4.57 Å². The second kappa shape index (κ2) is 8.08. The van der Waals surface area contributed by atoms with Gasteiger partial charge in [0.2, 0.25) is 0 Å². The Bertz CT molecular complexity index is 628. The molecule has 3 aromatic carbocycles. The lowest BCUT2D eigenvalue weighted by Crippen LogP contribution is -2.04. The minimum Gasteiger partial charge on any atom is -0.399 e. The number of hydrogen-bond donors (Lipinski definition) is 1. The van der Waals surface area contributed by atoms with Crippen LogP contribution >= 0.6 is 7.80 Å². The van der Waals surface area contributed by atoms with Gasteiger partial charge >= 0.3 is 0 Å². The summed E-state index contributed by atoms with van der Waals surface area (Å²) in [5, 5.41) is 1.84. The SMILES string of the molecule is Nc1ccccc1.O=[PH](c1ccccc1)c1ccccc1. The molecule has 3 rings (SSSR count). The minimum atomic E-state index is -1.79. The van der Waals surface area contributed by atoms with Crippen LogP contribution in [0.15, 0.2) is 91.0 Å². The first-order valence-corrected chi connectivity index (χ1v) is 8.13. The molecule has 3 heteroatoms. The second-order valence-electron chi connectivity index (χ2n) is 4.47. The molecule has 0 bridgehead atoms. The molecule has 0 aliphatic heterocycles. The van der Waals surface area contributed by atoms with Gasteiger partial charge in [0.25, 0.3) is 0 Å². The average molecular weight is 295 g/mol. The maximum absolute atomic E-state index is 12.0. The van der Waals surface area contributed by atoms with Crippen molar-refractivity contribution < 1.29 is 4.57 Å². The first-order chi connectivity index (χ1) is 10.3. The van der Waals surface area contributed by atoms with E-state index in [-0.39, 0.29) is 0 Å². The number of anilines is 1. The third-order valence-electron chi connectivity index (χ3n) is 2.87. The van der Waals surface area contributed by atoms with Crippen LogP contribution in [-0.2, 0) is 4.57 Å². The van der Waals surface area contributed by atoms with Gasteiger partial charge in [0.05, 0.1) is 0 Å². The van der Waals surface area contributed by atoms with E-state index < -0.39 is 7.80 Å². The maximum atomic E-state index is 12.0. The largest absolute Gasteiger partial charge is 0.399 e. The van der Waals surface area contributed by atoms with E-state index in [1.54, 1.807) is 0 Å². The van der Waals surface area contributed by atoms with Crippen LogP contribution in [0.1, 0.15) is 0 Å². The molecule has 3 aromatic rings. The van der Waals surface area contributed by atoms with Gasteiger partial charge in [-0.15, -0.1) is 0 Å². The number of nitrogen functional groups attached to an aromatic ring is 1. The van der Waals surface area contributed by atoms with Gasteiger partial charge in [0.1, 0.15) is 7.80 Å². The first kappa shape index (κ1) is 15.1. The molecule has 0 aromatic heterocycles. The standard InChI is InChI=1S/C12H11OP.C6H7N/c13-14(11-7-3-1-4-8-11)12-9-5-2-6-10-12;7-6-4-2-1-3-5-6/h1-10,14H;1-5H,7H2. The van der Waals surface area contributed by atoms with Gasteiger partial charge < -0.3 is 10.3 Å². The molecule has 106 valence electrons. The van der Waals surface area contributed by atoms with Crippen molar-refractivity contribution in [1.29, 1.82) is 0 Å². The summed E-state index contributed by atoms with van der Waals surface area (Å²) in [6, 6.07) is 28.7. The second-order valence-corrected chi connectivity index (χ2v) is 6.28. The zero-order chi connectivity index (χ0) is 14.9. The number of para-hydroxylation sites is 1. The van der Waals surface area contributed by atoms with E-state index in [1.807, 2.05) is 91.0 Å². The predicted molar refractivity (Wildman–Crippen MR) is 92.0 cm³/mol. The van der Waals surface area contributed by atoms with Gasteiger partial charge in [0, 0.05) is 16.3 Å². The van der Waals surface area contributed by atoms with Gasteiger partial charge in [0.15, 0.2) is 0 Å². The van der Waals surface area contributed by atoms with Crippen molar-refractivity contribution in [2.24, 2.45) is 0 Å². The zero-order valence-corrected chi connectivity index (χ0v) is 12.6. The highest BCUT2D eigenvalue weighted by Gasteiger charge is 2.03. The molecule has 0 fully saturated rings. The molecule has 0 saturated heterocycles. The van der Waals surface area contributed by atoms with E-state index in [1.165, 1.54) is 0 Å². The van der Waals surface area contributed by atoms with Crippen LogP contribution in [0.5, 0.6) is 0 Å². The normalized spacial score (nSPS) is 9.76. The molecule has 0 unspecified atom stereocenters. The van der Waals surface area contributed by atoms with Crippen LogP contribution in [0.3, 0.4) is 0 Å². The van der Waals surface area contributed by atoms with Crippen LogP contribution in [0.2, 0.25) is 0 Å². The Balaban J connectivity index is 0.000000194. The number of nitrogens with two attached hydrogens (primary N) is 1. The topological polar surface area (TPSA) is 43.1 Å². The molecule has 21 heavy (non-hydrogen) atoms. The molecular formula is C18H18NOP. The number of rotatable bonds is 2. The molecule has 0 atom stereocenters. The molecule has 2 N–H and O–H groups in total. The fourth-order valence-electron chi connectivity index (χ4n) is 1.80. The van der Waals surface area contributed by atoms with Crippen molar-refractivity contribution in [3.63, 3.8) is 0 Å². The molecule has 0 aliphatic rings. The first-order valence-electron chi connectivity index (χ1n) is 6.72. The van der Waals surface area contributed by atoms with E-state index in [0.717, 1.165) is 16.3 Å². The van der Waals surface area contributed by atoms with E-state index in [4.69, 9.17) is 5.73 Å². The van der Waals surface area contributed by atoms with Crippen LogP contribution in [-0.4, -0.2) is 0 Å². The lowest BCUT2D eigenvalue weighted by molar-refractivity contribution is 0.598. The summed E-state index contributed by atoms with van der Waals surface area (Å²) in [5.41, 5.74) is 6.18. The quantitative estimate of drug-likeness (QED) is 0.581. The fraction of sp³-hybridized carbons (Fsp3) is 0. The van der Waals surface area contributed by atoms with Crippen LogP contribution in [0.4, 0.5) is 5.69 Å². The summed E-state index contributed by atoms with van der Waals surface area (Å²) in [6.07, 6.45) is 0. The van der Waals surface area contributed by atoms with Gasteiger partial charge in [-0.2, -0.15) is 0 Å². The van der Waals surface area contributed by atoms with Crippen molar-refractivity contribution >= 4 is 24.1 Å². The molecule has 0 saturated carbocycles. The van der Waals surface area contributed by atoms with Crippen molar-refractivity contribution in [3.8, 4) is 0 Å². The molecule has 0 radical (unpaired) electrons. The molecule has 0 amide bonds. The predicted octanol–water partition coefficient (Wildman–Crippen LogP) is 3.47. The van der Waals surface area contributed by atoms with Crippen LogP contribution in [0, 0.1) is 0 Å². The minimum absolute atomic E-state index is 0.822. The fourth-order valence-corrected chi connectivity index (χ4v) is 3.12. The highest BCUT2D eigenvalue weighted by Crippen LogP contribution is 2.18. The maximum Gasteiger partial charge on any atom is 0.131 e. The summed E-state index contributed by atoms with van der Waals surface area (Å²) < 4.78 is 12.0. The molecular weight excluding hydrogens is 277 g/mol. The van der Waals surface area contributed by atoms with E-state index in [2.05, 4.69) is 0 Å². The third-order valence-corrected chi connectivity index (χ3v) is 4.59. The summed E-state index contributed by atoms with van der Waals surface area (Å²) in [7, 11) is -1.79. The Morgan fingerprint density at radius 3 is 1.19 bits per heavy atom.